The van der Waals surface area contributed by atoms with E-state index in [9.17, 15) is 4.79 Å². The molecule has 1 fully saturated rings. The fourth-order valence-corrected chi connectivity index (χ4v) is 2.59. The molecule has 2 heterocycles. The molecule has 0 bridgehead atoms. The minimum Gasteiger partial charge on any atom is -0.444 e. The molecular formula is C16H26N4O2. The van der Waals surface area contributed by atoms with Gasteiger partial charge in [-0.25, -0.2) is 4.79 Å². The lowest BCUT2D eigenvalue weighted by atomic mass is 10.2. The molecule has 6 nitrogen and oxygen atoms in total. The third-order valence-corrected chi connectivity index (χ3v) is 3.66. The fraction of sp³-hybridized carbons (Fsp3) is 0.688. The first-order chi connectivity index (χ1) is 10.3. The van der Waals surface area contributed by atoms with Gasteiger partial charge in [0.2, 0.25) is 0 Å². The molecule has 1 aromatic heterocycles. The van der Waals surface area contributed by atoms with Crippen LogP contribution in [0.4, 0.5) is 10.6 Å². The summed E-state index contributed by atoms with van der Waals surface area (Å²) in [4.78, 5) is 16.2. The molecule has 0 aromatic carbocycles. The number of aryl methyl sites for hydroxylation is 1. The van der Waals surface area contributed by atoms with Gasteiger partial charge < -0.3 is 14.5 Å². The number of likely N-dealkylation sites (N-methyl/N-ethyl adjacent to an activating group) is 1. The van der Waals surface area contributed by atoms with E-state index in [2.05, 4.69) is 10.2 Å². The van der Waals surface area contributed by atoms with Crippen molar-refractivity contribution < 1.29 is 9.53 Å². The van der Waals surface area contributed by atoms with Crippen LogP contribution in [-0.4, -0.2) is 53.0 Å². The van der Waals surface area contributed by atoms with E-state index in [0.29, 0.717) is 0 Å². The highest BCUT2D eigenvalue weighted by atomic mass is 16.6. The number of likely N-dealkylation sites (tertiary alicyclic amines) is 1. The van der Waals surface area contributed by atoms with E-state index in [1.807, 2.05) is 56.7 Å². The second-order valence-electron chi connectivity index (χ2n) is 6.88. The number of nitrogens with zero attached hydrogens (tertiary/aromatic N) is 4. The van der Waals surface area contributed by atoms with Gasteiger partial charge in [0.15, 0.2) is 5.82 Å². The Balaban J connectivity index is 1.98. The summed E-state index contributed by atoms with van der Waals surface area (Å²) in [6.45, 7) is 9.08. The van der Waals surface area contributed by atoms with Crippen LogP contribution in [0, 0.1) is 6.92 Å². The molecule has 0 aliphatic carbocycles. The summed E-state index contributed by atoms with van der Waals surface area (Å²) in [5, 5.41) is 8.27. The summed E-state index contributed by atoms with van der Waals surface area (Å²) in [6, 6.07) is 4.05. The fourth-order valence-electron chi connectivity index (χ4n) is 2.59. The molecule has 0 radical (unpaired) electrons. The number of hydrogen-bond donors (Lipinski definition) is 0. The SMILES string of the molecule is Cc1ccc(N(C)C[C@@H]2CCCN2C(=O)OC(C)(C)C)nn1. The van der Waals surface area contributed by atoms with Crippen molar-refractivity contribution in [2.24, 2.45) is 0 Å². The Morgan fingerprint density at radius 3 is 2.73 bits per heavy atom. The minimum absolute atomic E-state index is 0.156. The zero-order valence-electron chi connectivity index (χ0n) is 14.2. The highest BCUT2D eigenvalue weighted by molar-refractivity contribution is 5.69. The second kappa shape index (κ2) is 6.50. The third-order valence-electron chi connectivity index (χ3n) is 3.66. The molecule has 22 heavy (non-hydrogen) atoms. The van der Waals surface area contributed by atoms with Crippen LogP contribution in [-0.2, 0) is 4.74 Å². The van der Waals surface area contributed by atoms with E-state index in [1.165, 1.54) is 0 Å². The van der Waals surface area contributed by atoms with Gasteiger partial charge in [0.1, 0.15) is 5.60 Å². The summed E-state index contributed by atoms with van der Waals surface area (Å²) < 4.78 is 5.50. The topological polar surface area (TPSA) is 58.6 Å². The van der Waals surface area contributed by atoms with Crippen molar-refractivity contribution >= 4 is 11.9 Å². The van der Waals surface area contributed by atoms with Crippen LogP contribution in [0.1, 0.15) is 39.3 Å². The van der Waals surface area contributed by atoms with E-state index >= 15 is 0 Å². The molecule has 1 aromatic rings. The van der Waals surface area contributed by atoms with Gasteiger partial charge >= 0.3 is 6.09 Å². The highest BCUT2D eigenvalue weighted by Crippen LogP contribution is 2.22. The van der Waals surface area contributed by atoms with Crippen LogP contribution in [0.25, 0.3) is 0 Å². The Bertz CT molecular complexity index is 510. The number of hydrogen-bond acceptors (Lipinski definition) is 5. The van der Waals surface area contributed by atoms with Crippen molar-refractivity contribution in [1.29, 1.82) is 0 Å². The van der Waals surface area contributed by atoms with Gasteiger partial charge in [-0.1, -0.05) is 0 Å². The summed E-state index contributed by atoms with van der Waals surface area (Å²) in [5.74, 6) is 0.821. The minimum atomic E-state index is -0.460. The summed E-state index contributed by atoms with van der Waals surface area (Å²) >= 11 is 0. The van der Waals surface area contributed by atoms with E-state index in [0.717, 1.165) is 37.4 Å². The quantitative estimate of drug-likeness (QED) is 0.859. The average Bonchev–Trinajstić information content (AvgIpc) is 2.85. The van der Waals surface area contributed by atoms with Crippen LogP contribution < -0.4 is 4.90 Å². The molecule has 0 unspecified atom stereocenters. The largest absolute Gasteiger partial charge is 0.444 e. The highest BCUT2D eigenvalue weighted by Gasteiger charge is 2.32. The number of carbonyl (C=O) groups is 1. The van der Waals surface area contributed by atoms with Crippen molar-refractivity contribution in [1.82, 2.24) is 15.1 Å². The lowest BCUT2D eigenvalue weighted by Gasteiger charge is -2.31. The molecule has 0 spiro atoms. The van der Waals surface area contributed by atoms with Crippen molar-refractivity contribution in [2.45, 2.75) is 52.2 Å². The van der Waals surface area contributed by atoms with Gasteiger partial charge in [-0.3, -0.25) is 0 Å². The molecular weight excluding hydrogens is 280 g/mol. The number of anilines is 1. The Kier molecular flexibility index (Phi) is 4.88. The predicted octanol–water partition coefficient (Wildman–Crippen LogP) is 2.62. The Morgan fingerprint density at radius 2 is 2.14 bits per heavy atom. The molecule has 1 aliphatic rings. The number of amides is 1. The molecule has 1 aliphatic heterocycles. The zero-order chi connectivity index (χ0) is 16.3. The normalized spacial score (nSPS) is 18.4. The van der Waals surface area contributed by atoms with Gasteiger partial charge in [0, 0.05) is 20.1 Å². The maximum atomic E-state index is 12.3. The van der Waals surface area contributed by atoms with Crippen LogP contribution in [0.15, 0.2) is 12.1 Å². The van der Waals surface area contributed by atoms with Crippen molar-refractivity contribution in [2.75, 3.05) is 25.0 Å². The first-order valence-electron chi connectivity index (χ1n) is 7.77. The molecule has 1 saturated heterocycles. The smallest absolute Gasteiger partial charge is 0.410 e. The van der Waals surface area contributed by atoms with Gasteiger partial charge in [-0.05, 0) is 52.7 Å². The zero-order valence-corrected chi connectivity index (χ0v) is 14.2. The molecule has 122 valence electrons. The van der Waals surface area contributed by atoms with Crippen LogP contribution >= 0.6 is 0 Å². The summed E-state index contributed by atoms with van der Waals surface area (Å²) in [5.41, 5.74) is 0.437. The Morgan fingerprint density at radius 1 is 1.41 bits per heavy atom. The van der Waals surface area contributed by atoms with Crippen LogP contribution in [0.3, 0.4) is 0 Å². The van der Waals surface area contributed by atoms with E-state index in [-0.39, 0.29) is 12.1 Å². The Hall–Kier alpha value is -1.85. The first kappa shape index (κ1) is 16.5. The van der Waals surface area contributed by atoms with E-state index < -0.39 is 5.60 Å². The average molecular weight is 306 g/mol. The molecule has 1 amide bonds. The second-order valence-corrected chi connectivity index (χ2v) is 6.88. The maximum Gasteiger partial charge on any atom is 0.410 e. The Labute approximate surface area is 132 Å². The van der Waals surface area contributed by atoms with Crippen molar-refractivity contribution in [3.63, 3.8) is 0 Å². The third kappa shape index (κ3) is 4.32. The van der Waals surface area contributed by atoms with Crippen molar-refractivity contribution in [3.8, 4) is 0 Å². The number of carbonyl (C=O) groups excluding carboxylic acids is 1. The lowest BCUT2D eigenvalue weighted by Crippen LogP contribution is -2.44. The standard InChI is InChI=1S/C16H26N4O2/c1-12-8-9-14(18-17-12)19(5)11-13-7-6-10-20(13)15(21)22-16(2,3)4/h8-9,13H,6-7,10-11H2,1-5H3/t13-/m0/s1. The number of aromatic nitrogens is 2. The van der Waals surface area contributed by atoms with Gasteiger partial charge in [0.25, 0.3) is 0 Å². The monoisotopic (exact) mass is 306 g/mol. The molecule has 1 atom stereocenters. The summed E-state index contributed by atoms with van der Waals surface area (Å²) in [7, 11) is 1.98. The van der Waals surface area contributed by atoms with Crippen molar-refractivity contribution in [3.05, 3.63) is 17.8 Å². The van der Waals surface area contributed by atoms with Gasteiger partial charge in [-0.15, -0.1) is 5.10 Å². The molecule has 2 rings (SSSR count). The van der Waals surface area contributed by atoms with E-state index in [1.54, 1.807) is 0 Å². The van der Waals surface area contributed by atoms with Gasteiger partial charge in [0.05, 0.1) is 11.7 Å². The van der Waals surface area contributed by atoms with E-state index in [4.69, 9.17) is 4.74 Å². The lowest BCUT2D eigenvalue weighted by molar-refractivity contribution is 0.0232. The van der Waals surface area contributed by atoms with Gasteiger partial charge in [-0.2, -0.15) is 5.10 Å². The predicted molar refractivity (Wildman–Crippen MR) is 86.0 cm³/mol. The van der Waals surface area contributed by atoms with Crippen LogP contribution in [0.5, 0.6) is 0 Å². The first-order valence-corrected chi connectivity index (χ1v) is 7.77. The number of ether oxygens (including phenoxy) is 1. The maximum absolute atomic E-state index is 12.3. The molecule has 0 saturated carbocycles. The number of rotatable bonds is 3. The molecule has 0 N–H and O–H groups in total. The summed E-state index contributed by atoms with van der Waals surface area (Å²) in [6.07, 6.45) is 1.78. The molecule has 6 heteroatoms. The van der Waals surface area contributed by atoms with Crippen LogP contribution in [0.2, 0.25) is 0 Å².